The fraction of sp³-hybridized carbons (Fsp3) is 0.200. The lowest BCUT2D eigenvalue weighted by atomic mass is 10.3. The lowest BCUT2D eigenvalue weighted by molar-refractivity contribution is -0.120. The summed E-state index contributed by atoms with van der Waals surface area (Å²) in [7, 11) is 0. The van der Waals surface area contributed by atoms with Crippen LogP contribution in [0, 0.1) is 0 Å². The lowest BCUT2D eigenvalue weighted by Crippen LogP contribution is -2.19. The predicted molar refractivity (Wildman–Crippen MR) is 109 cm³/mol. The molecule has 0 bridgehead atoms. The highest BCUT2D eigenvalue weighted by atomic mass is 35.5. The molecular formula is C20H19ClN2O3S. The first-order valence-corrected chi connectivity index (χ1v) is 9.63. The molecule has 0 fully saturated rings. The van der Waals surface area contributed by atoms with E-state index in [4.69, 9.17) is 21.1 Å². The molecule has 0 aliphatic rings. The van der Waals surface area contributed by atoms with Gasteiger partial charge in [0.2, 0.25) is 0 Å². The number of carbonyl (C=O) groups excluding carboxylic acids is 1. The van der Waals surface area contributed by atoms with Gasteiger partial charge in [0.1, 0.15) is 17.0 Å². The van der Waals surface area contributed by atoms with E-state index in [1.165, 1.54) is 11.3 Å². The average Bonchev–Trinajstić information content (AvgIpc) is 3.00. The number of allylic oxidation sites excluding steroid dienone is 1. The first kappa shape index (κ1) is 19.2. The molecule has 0 radical (unpaired) electrons. The van der Waals surface area contributed by atoms with E-state index in [-0.39, 0.29) is 12.5 Å². The van der Waals surface area contributed by atoms with Crippen LogP contribution in [0.15, 0.2) is 60.1 Å². The third-order valence-corrected chi connectivity index (χ3v) is 4.97. The Morgan fingerprint density at radius 1 is 1.26 bits per heavy atom. The van der Waals surface area contributed by atoms with Crippen LogP contribution in [0.2, 0.25) is 5.02 Å². The maximum atomic E-state index is 12.3. The minimum Gasteiger partial charge on any atom is -0.492 e. The number of para-hydroxylation sites is 1. The van der Waals surface area contributed by atoms with Crippen LogP contribution in [0.25, 0.3) is 10.2 Å². The number of thiazole rings is 1. The minimum absolute atomic E-state index is 0.151. The van der Waals surface area contributed by atoms with Crippen molar-refractivity contribution in [1.29, 1.82) is 0 Å². The molecule has 3 aromatic rings. The van der Waals surface area contributed by atoms with Crippen LogP contribution in [0.1, 0.15) is 6.92 Å². The summed E-state index contributed by atoms with van der Waals surface area (Å²) in [5, 5.41) is 0.610. The minimum atomic E-state index is -0.368. The third kappa shape index (κ3) is 4.59. The normalized spacial score (nSPS) is 11.6. The number of aromatic nitrogens is 1. The molecule has 1 aromatic heterocycles. The molecule has 1 amide bonds. The number of rotatable bonds is 7. The van der Waals surface area contributed by atoms with Crippen molar-refractivity contribution in [3.63, 3.8) is 0 Å². The quantitative estimate of drug-likeness (QED) is 0.549. The van der Waals surface area contributed by atoms with E-state index in [1.807, 2.05) is 29.7 Å². The van der Waals surface area contributed by atoms with Gasteiger partial charge < -0.3 is 14.0 Å². The number of halogens is 1. The molecule has 2 aromatic carbocycles. The highest BCUT2D eigenvalue weighted by molar-refractivity contribution is 7.16. The molecule has 140 valence electrons. The number of fused-ring (bicyclic) bond motifs is 1. The summed E-state index contributed by atoms with van der Waals surface area (Å²) in [6.07, 6.45) is 1.77. The molecule has 0 N–H and O–H groups in total. The van der Waals surface area contributed by atoms with Gasteiger partial charge in [0.25, 0.3) is 5.91 Å². The SMILES string of the molecule is C=CCn1c(=NC(=O)COc2ccc(Cl)cc2)sc2cccc(OCC)c21. The lowest BCUT2D eigenvalue weighted by Gasteiger charge is -2.08. The summed E-state index contributed by atoms with van der Waals surface area (Å²) in [5.74, 6) is 0.962. The monoisotopic (exact) mass is 402 g/mol. The Kier molecular flexibility index (Phi) is 6.32. The predicted octanol–water partition coefficient (Wildman–Crippen LogP) is 4.45. The number of ether oxygens (including phenoxy) is 2. The van der Waals surface area contributed by atoms with Crippen LogP contribution in [0.4, 0.5) is 0 Å². The van der Waals surface area contributed by atoms with Gasteiger partial charge in [-0.15, -0.1) is 6.58 Å². The standard InChI is InChI=1S/C20H19ClN2O3S/c1-3-12-23-19-16(25-4-2)6-5-7-17(19)27-20(23)22-18(24)13-26-15-10-8-14(21)9-11-15/h3,5-11H,1,4,12-13H2,2H3. The summed E-state index contributed by atoms with van der Waals surface area (Å²) < 4.78 is 14.1. The van der Waals surface area contributed by atoms with Gasteiger partial charge >= 0.3 is 0 Å². The zero-order chi connectivity index (χ0) is 19.2. The van der Waals surface area contributed by atoms with Gasteiger partial charge in [-0.05, 0) is 43.3 Å². The highest BCUT2D eigenvalue weighted by Gasteiger charge is 2.12. The molecule has 7 heteroatoms. The van der Waals surface area contributed by atoms with Crippen LogP contribution >= 0.6 is 22.9 Å². The van der Waals surface area contributed by atoms with Crippen molar-refractivity contribution >= 4 is 39.1 Å². The first-order valence-electron chi connectivity index (χ1n) is 8.44. The van der Waals surface area contributed by atoms with Crippen molar-refractivity contribution in [2.75, 3.05) is 13.2 Å². The number of hydrogen-bond donors (Lipinski definition) is 0. The summed E-state index contributed by atoms with van der Waals surface area (Å²) in [5.41, 5.74) is 0.911. The molecule has 0 spiro atoms. The van der Waals surface area contributed by atoms with E-state index in [1.54, 1.807) is 30.3 Å². The smallest absolute Gasteiger partial charge is 0.286 e. The molecular weight excluding hydrogens is 384 g/mol. The fourth-order valence-electron chi connectivity index (χ4n) is 2.57. The maximum Gasteiger partial charge on any atom is 0.286 e. The van der Waals surface area contributed by atoms with E-state index in [9.17, 15) is 4.79 Å². The Morgan fingerprint density at radius 3 is 2.74 bits per heavy atom. The van der Waals surface area contributed by atoms with Crippen molar-refractivity contribution < 1.29 is 14.3 Å². The fourth-order valence-corrected chi connectivity index (χ4v) is 3.77. The Balaban J connectivity index is 1.90. The van der Waals surface area contributed by atoms with E-state index in [2.05, 4.69) is 11.6 Å². The average molecular weight is 403 g/mol. The van der Waals surface area contributed by atoms with Crippen LogP contribution in [-0.4, -0.2) is 23.7 Å². The maximum absolute atomic E-state index is 12.3. The summed E-state index contributed by atoms with van der Waals surface area (Å²) >= 11 is 7.27. The Hall–Kier alpha value is -2.57. The molecule has 0 unspecified atom stereocenters. The van der Waals surface area contributed by atoms with Crippen LogP contribution < -0.4 is 14.3 Å². The van der Waals surface area contributed by atoms with Crippen molar-refractivity contribution in [2.24, 2.45) is 4.99 Å². The van der Waals surface area contributed by atoms with Crippen LogP contribution in [0.5, 0.6) is 11.5 Å². The molecule has 0 atom stereocenters. The molecule has 0 saturated heterocycles. The first-order chi connectivity index (χ1) is 13.1. The van der Waals surface area contributed by atoms with Gasteiger partial charge in [-0.2, -0.15) is 4.99 Å². The Labute approximate surface area is 166 Å². The number of carbonyl (C=O) groups is 1. The molecule has 0 saturated carbocycles. The van der Waals surface area contributed by atoms with Crippen molar-refractivity contribution in [1.82, 2.24) is 4.57 Å². The van der Waals surface area contributed by atoms with E-state index >= 15 is 0 Å². The van der Waals surface area contributed by atoms with Gasteiger partial charge in [-0.1, -0.05) is 35.1 Å². The third-order valence-electron chi connectivity index (χ3n) is 3.67. The molecule has 27 heavy (non-hydrogen) atoms. The zero-order valence-electron chi connectivity index (χ0n) is 14.9. The topological polar surface area (TPSA) is 52.8 Å². The van der Waals surface area contributed by atoms with Gasteiger partial charge in [0, 0.05) is 11.6 Å². The van der Waals surface area contributed by atoms with Gasteiger partial charge in [-0.25, -0.2) is 0 Å². The summed E-state index contributed by atoms with van der Waals surface area (Å²) in [6.45, 7) is 6.67. The van der Waals surface area contributed by atoms with Crippen molar-refractivity contribution in [2.45, 2.75) is 13.5 Å². The van der Waals surface area contributed by atoms with Gasteiger partial charge in [0.15, 0.2) is 11.4 Å². The van der Waals surface area contributed by atoms with Crippen molar-refractivity contribution in [3.8, 4) is 11.5 Å². The van der Waals surface area contributed by atoms with Crippen LogP contribution in [0.3, 0.4) is 0 Å². The number of amides is 1. The number of benzene rings is 2. The molecule has 5 nitrogen and oxygen atoms in total. The molecule has 1 heterocycles. The molecule has 3 rings (SSSR count). The summed E-state index contributed by atoms with van der Waals surface area (Å²) in [4.78, 5) is 17.1. The van der Waals surface area contributed by atoms with Gasteiger partial charge in [-0.3, -0.25) is 4.79 Å². The molecule has 0 aliphatic carbocycles. The second kappa shape index (κ2) is 8.88. The highest BCUT2D eigenvalue weighted by Crippen LogP contribution is 2.27. The van der Waals surface area contributed by atoms with Gasteiger partial charge in [0.05, 0.1) is 11.3 Å². The largest absolute Gasteiger partial charge is 0.492 e. The summed E-state index contributed by atoms with van der Waals surface area (Å²) in [6, 6.07) is 12.7. The molecule has 0 aliphatic heterocycles. The van der Waals surface area contributed by atoms with E-state index in [0.717, 1.165) is 16.0 Å². The number of hydrogen-bond acceptors (Lipinski definition) is 4. The second-order valence-corrected chi connectivity index (χ2v) is 7.01. The Bertz CT molecular complexity index is 1020. The zero-order valence-corrected chi connectivity index (χ0v) is 16.4. The van der Waals surface area contributed by atoms with Crippen molar-refractivity contribution in [3.05, 3.63) is 64.9 Å². The second-order valence-electron chi connectivity index (χ2n) is 5.57. The van der Waals surface area contributed by atoms with E-state index < -0.39 is 0 Å². The van der Waals surface area contributed by atoms with E-state index in [0.29, 0.717) is 28.7 Å². The Morgan fingerprint density at radius 2 is 2.04 bits per heavy atom. The van der Waals surface area contributed by atoms with Crippen LogP contribution in [-0.2, 0) is 11.3 Å². The number of nitrogens with zero attached hydrogens (tertiary/aromatic N) is 2.